The Balaban J connectivity index is 1.80. The second-order valence-electron chi connectivity index (χ2n) is 8.15. The van der Waals surface area contributed by atoms with Crippen LogP contribution in [0.1, 0.15) is 90.0 Å². The zero-order chi connectivity index (χ0) is 19.5. The van der Waals surface area contributed by atoms with Crippen LogP contribution in [0.5, 0.6) is 5.75 Å². The molecule has 0 spiro atoms. The minimum absolute atomic E-state index is 0.0677. The van der Waals surface area contributed by atoms with Crippen molar-refractivity contribution >= 4 is 5.97 Å². The number of ether oxygens (including phenoxy) is 1. The van der Waals surface area contributed by atoms with E-state index in [0.717, 1.165) is 44.9 Å². The van der Waals surface area contributed by atoms with Gasteiger partial charge in [-0.05, 0) is 62.6 Å². The number of carbonyl (C=O) groups is 1. The van der Waals surface area contributed by atoms with Crippen LogP contribution in [0.15, 0.2) is 24.3 Å². The van der Waals surface area contributed by atoms with Crippen molar-refractivity contribution in [2.24, 2.45) is 11.3 Å². The monoisotopic (exact) mass is 369 g/mol. The molecule has 1 aromatic carbocycles. The molecule has 0 atom stereocenters. The summed E-state index contributed by atoms with van der Waals surface area (Å²) < 4.78 is 5.61. The van der Waals surface area contributed by atoms with Gasteiger partial charge in [-0.15, -0.1) is 0 Å². The molecule has 27 heavy (non-hydrogen) atoms. The first kappa shape index (κ1) is 21.5. The zero-order valence-electron chi connectivity index (χ0n) is 17.1. The molecule has 1 aliphatic carbocycles. The maximum atomic E-state index is 12.5. The van der Waals surface area contributed by atoms with Crippen molar-refractivity contribution in [2.75, 3.05) is 0 Å². The summed E-state index contributed by atoms with van der Waals surface area (Å²) in [4.78, 5) is 12.5. The van der Waals surface area contributed by atoms with Crippen molar-refractivity contribution < 1.29 is 9.53 Å². The smallest absolute Gasteiger partial charge is 0.314 e. The standard InChI is InChI=1S/C24H35NO2/c1-3-5-7-8-16-24(19-25)17-14-21(15-18-24)23(26)27-22-12-10-20(11-13-22)9-6-4-2/h10-13,21H,3-9,14-18H2,1-2H3/t21-,24-. The SMILES string of the molecule is CCCCCC[C@]1(C#N)CC[C@H](C(=O)Oc2ccc(CCCC)cc2)CC1. The van der Waals surface area contributed by atoms with Gasteiger partial charge in [-0.25, -0.2) is 0 Å². The largest absolute Gasteiger partial charge is 0.426 e. The van der Waals surface area contributed by atoms with E-state index >= 15 is 0 Å². The quantitative estimate of drug-likeness (QED) is 0.265. The van der Waals surface area contributed by atoms with Crippen LogP contribution in [0.4, 0.5) is 0 Å². The molecule has 0 saturated heterocycles. The topological polar surface area (TPSA) is 50.1 Å². The first-order chi connectivity index (χ1) is 13.1. The average Bonchev–Trinajstić information content (AvgIpc) is 2.71. The molecule has 1 saturated carbocycles. The minimum atomic E-state index is -0.217. The lowest BCUT2D eigenvalue weighted by atomic mass is 9.69. The fraction of sp³-hybridized carbons (Fsp3) is 0.667. The first-order valence-corrected chi connectivity index (χ1v) is 10.8. The predicted molar refractivity (Wildman–Crippen MR) is 109 cm³/mol. The number of rotatable bonds is 10. The Morgan fingerprint density at radius 1 is 1.07 bits per heavy atom. The van der Waals surface area contributed by atoms with Gasteiger partial charge in [0.25, 0.3) is 0 Å². The van der Waals surface area contributed by atoms with E-state index in [-0.39, 0.29) is 17.3 Å². The van der Waals surface area contributed by atoms with E-state index < -0.39 is 0 Å². The Labute approximate surface area is 165 Å². The highest BCUT2D eigenvalue weighted by molar-refractivity contribution is 5.75. The second-order valence-corrected chi connectivity index (χ2v) is 8.15. The molecule has 0 aliphatic heterocycles. The van der Waals surface area contributed by atoms with Gasteiger partial charge < -0.3 is 4.74 Å². The molecule has 148 valence electrons. The van der Waals surface area contributed by atoms with Gasteiger partial charge in [0.15, 0.2) is 0 Å². The van der Waals surface area contributed by atoms with E-state index in [1.807, 2.05) is 12.1 Å². The number of unbranched alkanes of at least 4 members (excludes halogenated alkanes) is 4. The van der Waals surface area contributed by atoms with Gasteiger partial charge in [0.05, 0.1) is 17.4 Å². The Morgan fingerprint density at radius 3 is 2.33 bits per heavy atom. The third-order valence-corrected chi connectivity index (χ3v) is 5.98. The van der Waals surface area contributed by atoms with Crippen LogP contribution in [0, 0.1) is 22.7 Å². The average molecular weight is 370 g/mol. The highest BCUT2D eigenvalue weighted by Crippen LogP contribution is 2.42. The lowest BCUT2D eigenvalue weighted by Crippen LogP contribution is -2.31. The molecule has 3 nitrogen and oxygen atoms in total. The van der Waals surface area contributed by atoms with Crippen LogP contribution in [0.3, 0.4) is 0 Å². The van der Waals surface area contributed by atoms with Crippen molar-refractivity contribution in [3.8, 4) is 11.8 Å². The van der Waals surface area contributed by atoms with Gasteiger partial charge in [-0.2, -0.15) is 5.26 Å². The van der Waals surface area contributed by atoms with Crippen LogP contribution in [0.25, 0.3) is 0 Å². The number of carbonyl (C=O) groups excluding carboxylic acids is 1. The van der Waals surface area contributed by atoms with E-state index in [0.29, 0.717) is 5.75 Å². The summed E-state index contributed by atoms with van der Waals surface area (Å²) in [6, 6.07) is 10.5. The van der Waals surface area contributed by atoms with Crippen molar-refractivity contribution in [2.45, 2.75) is 90.9 Å². The molecule has 0 heterocycles. The van der Waals surface area contributed by atoms with Gasteiger partial charge in [-0.1, -0.05) is 58.1 Å². The van der Waals surface area contributed by atoms with Crippen molar-refractivity contribution in [3.05, 3.63) is 29.8 Å². The summed E-state index contributed by atoms with van der Waals surface area (Å²) in [7, 11) is 0. The fourth-order valence-corrected chi connectivity index (χ4v) is 4.02. The molecule has 1 aromatic rings. The van der Waals surface area contributed by atoms with Crippen molar-refractivity contribution in [1.82, 2.24) is 0 Å². The van der Waals surface area contributed by atoms with Gasteiger partial charge in [-0.3, -0.25) is 4.79 Å². The number of benzene rings is 1. The molecular formula is C24H35NO2. The Morgan fingerprint density at radius 2 is 1.74 bits per heavy atom. The number of hydrogen-bond donors (Lipinski definition) is 0. The highest BCUT2D eigenvalue weighted by Gasteiger charge is 2.37. The second kappa shape index (κ2) is 11.1. The van der Waals surface area contributed by atoms with E-state index in [9.17, 15) is 10.1 Å². The number of nitrogens with zero attached hydrogens (tertiary/aromatic N) is 1. The Hall–Kier alpha value is -1.82. The molecule has 2 rings (SSSR count). The molecule has 0 amide bonds. The molecule has 0 radical (unpaired) electrons. The van der Waals surface area contributed by atoms with E-state index in [4.69, 9.17) is 4.74 Å². The fourth-order valence-electron chi connectivity index (χ4n) is 4.02. The third-order valence-electron chi connectivity index (χ3n) is 5.98. The van der Waals surface area contributed by atoms with Crippen LogP contribution in [0.2, 0.25) is 0 Å². The molecule has 1 fully saturated rings. The van der Waals surface area contributed by atoms with Crippen molar-refractivity contribution in [1.29, 1.82) is 5.26 Å². The summed E-state index contributed by atoms with van der Waals surface area (Å²) in [5, 5.41) is 9.68. The Kier molecular flexibility index (Phi) is 8.85. The first-order valence-electron chi connectivity index (χ1n) is 10.8. The maximum absolute atomic E-state index is 12.5. The van der Waals surface area contributed by atoms with E-state index in [1.54, 1.807) is 0 Å². The molecule has 0 unspecified atom stereocenters. The van der Waals surface area contributed by atoms with Crippen LogP contribution in [-0.4, -0.2) is 5.97 Å². The maximum Gasteiger partial charge on any atom is 0.314 e. The summed E-state index contributed by atoms with van der Waals surface area (Å²) in [6.45, 7) is 4.39. The predicted octanol–water partition coefficient (Wildman–Crippen LogP) is 6.61. The number of esters is 1. The van der Waals surface area contributed by atoms with Gasteiger partial charge in [0.1, 0.15) is 5.75 Å². The van der Waals surface area contributed by atoms with E-state index in [1.165, 1.54) is 37.7 Å². The summed E-state index contributed by atoms with van der Waals surface area (Å²) >= 11 is 0. The summed E-state index contributed by atoms with van der Waals surface area (Å²) in [6.07, 6.45) is 12.4. The number of nitriles is 1. The number of hydrogen-bond acceptors (Lipinski definition) is 3. The van der Waals surface area contributed by atoms with Crippen molar-refractivity contribution in [3.63, 3.8) is 0 Å². The molecule has 3 heteroatoms. The molecular weight excluding hydrogens is 334 g/mol. The van der Waals surface area contributed by atoms with Gasteiger partial charge in [0, 0.05) is 0 Å². The normalized spacial score (nSPS) is 22.2. The van der Waals surface area contributed by atoms with Gasteiger partial charge >= 0.3 is 5.97 Å². The zero-order valence-corrected chi connectivity index (χ0v) is 17.1. The minimum Gasteiger partial charge on any atom is -0.426 e. The van der Waals surface area contributed by atoms with E-state index in [2.05, 4.69) is 32.0 Å². The lowest BCUT2D eigenvalue weighted by Gasteiger charge is -2.34. The molecule has 0 aromatic heterocycles. The molecule has 0 bridgehead atoms. The Bertz CT molecular complexity index is 606. The van der Waals surface area contributed by atoms with Crippen LogP contribution < -0.4 is 4.74 Å². The van der Waals surface area contributed by atoms with Gasteiger partial charge in [0.2, 0.25) is 0 Å². The third kappa shape index (κ3) is 6.69. The summed E-state index contributed by atoms with van der Waals surface area (Å²) in [5.41, 5.74) is 1.07. The highest BCUT2D eigenvalue weighted by atomic mass is 16.5. The summed E-state index contributed by atoms with van der Waals surface area (Å²) in [5.74, 6) is 0.438. The molecule has 0 N–H and O–H groups in total. The molecule has 1 aliphatic rings. The number of aryl methyl sites for hydroxylation is 1. The van der Waals surface area contributed by atoms with Crippen LogP contribution in [-0.2, 0) is 11.2 Å². The lowest BCUT2D eigenvalue weighted by molar-refractivity contribution is -0.140. The van der Waals surface area contributed by atoms with Crippen LogP contribution >= 0.6 is 0 Å².